The Bertz CT molecular complexity index is 611. The number of aliphatic imine (C=N–C) groups is 1. The molecule has 0 saturated heterocycles. The van der Waals surface area contributed by atoms with E-state index in [9.17, 15) is 14.9 Å². The number of rotatable bonds is 9. The van der Waals surface area contributed by atoms with E-state index in [4.69, 9.17) is 11.5 Å². The first kappa shape index (κ1) is 19.2. The van der Waals surface area contributed by atoms with E-state index in [1.54, 1.807) is 0 Å². The van der Waals surface area contributed by atoms with E-state index in [1.165, 1.54) is 6.21 Å². The van der Waals surface area contributed by atoms with Crippen molar-refractivity contribution in [3.8, 4) is 6.07 Å². The largest absolute Gasteiger partial charge is 0.373 e. The highest BCUT2D eigenvalue weighted by molar-refractivity contribution is 6.12. The summed E-state index contributed by atoms with van der Waals surface area (Å²) in [5.74, 6) is -1.22. The topological polar surface area (TPSA) is 146 Å². The lowest BCUT2D eigenvalue weighted by Crippen LogP contribution is -2.44. The van der Waals surface area contributed by atoms with Crippen molar-refractivity contribution >= 4 is 18.0 Å². The van der Waals surface area contributed by atoms with Crippen LogP contribution in [0.25, 0.3) is 0 Å². The van der Waals surface area contributed by atoms with Crippen LogP contribution in [0, 0.1) is 17.2 Å². The Morgan fingerprint density at radius 1 is 1.38 bits per heavy atom. The van der Waals surface area contributed by atoms with Gasteiger partial charge < -0.3 is 22.1 Å². The van der Waals surface area contributed by atoms with Gasteiger partial charge in [0.15, 0.2) is 0 Å². The zero-order valence-corrected chi connectivity index (χ0v) is 14.0. The van der Waals surface area contributed by atoms with E-state index in [2.05, 4.69) is 22.2 Å². The van der Waals surface area contributed by atoms with Crippen LogP contribution >= 0.6 is 0 Å². The molecule has 2 amide bonds. The van der Waals surface area contributed by atoms with Crippen molar-refractivity contribution in [1.82, 2.24) is 10.6 Å². The van der Waals surface area contributed by atoms with Crippen molar-refractivity contribution in [2.45, 2.75) is 45.2 Å². The Kier molecular flexibility index (Phi) is 6.98. The molecule has 1 atom stereocenters. The van der Waals surface area contributed by atoms with E-state index in [-0.39, 0.29) is 29.1 Å². The number of amides is 2. The Labute approximate surface area is 141 Å². The molecule has 130 valence electrons. The third kappa shape index (κ3) is 5.43. The van der Waals surface area contributed by atoms with Crippen LogP contribution in [0.5, 0.6) is 0 Å². The Hall–Kier alpha value is -2.82. The van der Waals surface area contributed by atoms with Crippen LogP contribution in [0.4, 0.5) is 0 Å². The second-order valence-corrected chi connectivity index (χ2v) is 6.01. The molecule has 0 aromatic rings. The van der Waals surface area contributed by atoms with Gasteiger partial charge >= 0.3 is 0 Å². The van der Waals surface area contributed by atoms with Crippen molar-refractivity contribution < 1.29 is 9.59 Å². The summed E-state index contributed by atoms with van der Waals surface area (Å²) in [7, 11) is 0. The summed E-state index contributed by atoms with van der Waals surface area (Å²) in [6.45, 7) is 7.32. The Morgan fingerprint density at radius 2 is 2.00 bits per heavy atom. The van der Waals surface area contributed by atoms with Gasteiger partial charge in [-0.25, -0.2) is 4.99 Å². The average molecular weight is 332 g/mol. The second kappa shape index (κ2) is 8.72. The molecule has 1 aliphatic rings. The molecule has 1 saturated carbocycles. The number of nitriles is 1. The number of primary amides is 2. The van der Waals surface area contributed by atoms with Gasteiger partial charge in [-0.3, -0.25) is 9.59 Å². The number of carbonyl (C=O) groups excluding carboxylic acids is 2. The zero-order valence-electron chi connectivity index (χ0n) is 14.0. The Morgan fingerprint density at radius 3 is 2.38 bits per heavy atom. The lowest BCUT2D eigenvalue weighted by atomic mass is 9.92. The molecule has 8 nitrogen and oxygen atoms in total. The summed E-state index contributed by atoms with van der Waals surface area (Å²) in [6.07, 6.45) is 4.13. The van der Waals surface area contributed by atoms with E-state index in [0.717, 1.165) is 19.3 Å². The maximum absolute atomic E-state index is 11.6. The summed E-state index contributed by atoms with van der Waals surface area (Å²) in [5.41, 5.74) is 10.7. The highest BCUT2D eigenvalue weighted by Crippen LogP contribution is 2.19. The molecule has 1 aliphatic carbocycles. The summed E-state index contributed by atoms with van der Waals surface area (Å²) in [6, 6.07) is 1.47. The normalized spacial score (nSPS) is 16.8. The molecule has 0 bridgehead atoms. The van der Waals surface area contributed by atoms with Crippen molar-refractivity contribution in [1.29, 1.82) is 5.26 Å². The van der Waals surface area contributed by atoms with Crippen LogP contribution in [0.2, 0.25) is 0 Å². The number of hydrogen-bond acceptors (Lipinski definition) is 6. The average Bonchev–Trinajstić information content (AvgIpc) is 2.45. The minimum absolute atomic E-state index is 0.0347. The summed E-state index contributed by atoms with van der Waals surface area (Å²) in [4.78, 5) is 26.9. The molecule has 8 heteroatoms. The molecule has 1 fully saturated rings. The maximum Gasteiger partial charge on any atom is 0.253 e. The molecule has 0 unspecified atom stereocenters. The lowest BCUT2D eigenvalue weighted by molar-refractivity contribution is -0.120. The first-order chi connectivity index (χ1) is 11.3. The number of nitrogens with two attached hydrogens (primary N) is 2. The van der Waals surface area contributed by atoms with Gasteiger partial charge in [0.2, 0.25) is 5.91 Å². The number of carbonyl (C=O) groups is 2. The molecular formula is C16H24N6O2. The molecule has 0 radical (unpaired) electrons. The standard InChI is InChI=1S/C16H24N6O2/c1-9(2)14(16(19)24)21-10(3)20-8-12(15(18)23)13(7-17)22-11-5-4-6-11/h8-9,11,14,21-22H,3-6H2,1-2H3,(H2,18,23)(H2,19,24)/b13-12-,20-8?/t14-/m1/s1. The van der Waals surface area contributed by atoms with Crippen molar-refractivity contribution in [3.05, 3.63) is 23.7 Å². The van der Waals surface area contributed by atoms with Crippen LogP contribution in [-0.4, -0.2) is 30.1 Å². The van der Waals surface area contributed by atoms with Crippen molar-refractivity contribution in [3.63, 3.8) is 0 Å². The molecule has 0 aromatic heterocycles. The molecule has 24 heavy (non-hydrogen) atoms. The smallest absolute Gasteiger partial charge is 0.253 e. The quantitative estimate of drug-likeness (QED) is 0.267. The van der Waals surface area contributed by atoms with Crippen LogP contribution < -0.4 is 22.1 Å². The first-order valence-corrected chi connectivity index (χ1v) is 7.75. The number of nitrogens with one attached hydrogen (secondary N) is 2. The molecule has 0 aromatic carbocycles. The van der Waals surface area contributed by atoms with E-state index < -0.39 is 17.9 Å². The molecule has 0 aliphatic heterocycles. The van der Waals surface area contributed by atoms with Crippen molar-refractivity contribution in [2.75, 3.05) is 0 Å². The molecule has 0 heterocycles. The first-order valence-electron chi connectivity index (χ1n) is 7.75. The highest BCUT2D eigenvalue weighted by atomic mass is 16.1. The van der Waals surface area contributed by atoms with Crippen LogP contribution in [0.15, 0.2) is 28.7 Å². The highest BCUT2D eigenvalue weighted by Gasteiger charge is 2.21. The van der Waals surface area contributed by atoms with Crippen LogP contribution in [0.1, 0.15) is 33.1 Å². The van der Waals surface area contributed by atoms with Gasteiger partial charge in [0.05, 0.1) is 5.57 Å². The third-order valence-corrected chi connectivity index (χ3v) is 3.75. The van der Waals surface area contributed by atoms with Gasteiger partial charge in [-0.2, -0.15) is 5.26 Å². The van der Waals surface area contributed by atoms with Crippen molar-refractivity contribution in [2.24, 2.45) is 22.4 Å². The predicted octanol–water partition coefficient (Wildman–Crippen LogP) is 0.0330. The number of hydrogen-bond donors (Lipinski definition) is 4. The molecule has 0 spiro atoms. The van der Waals surface area contributed by atoms with Crippen LogP contribution in [0.3, 0.4) is 0 Å². The van der Waals surface area contributed by atoms with Crippen LogP contribution in [-0.2, 0) is 9.59 Å². The Balaban J connectivity index is 2.88. The monoisotopic (exact) mass is 332 g/mol. The van der Waals surface area contributed by atoms with Gasteiger partial charge in [0, 0.05) is 12.3 Å². The van der Waals surface area contributed by atoms with Gasteiger partial charge in [0.25, 0.3) is 5.91 Å². The zero-order chi connectivity index (χ0) is 18.3. The second-order valence-electron chi connectivity index (χ2n) is 6.01. The fourth-order valence-electron chi connectivity index (χ4n) is 2.10. The molecule has 1 rings (SSSR count). The van der Waals surface area contributed by atoms with Gasteiger partial charge in [-0.15, -0.1) is 0 Å². The summed E-state index contributed by atoms with van der Waals surface area (Å²) >= 11 is 0. The molecular weight excluding hydrogens is 308 g/mol. The maximum atomic E-state index is 11.6. The van der Waals surface area contributed by atoms with E-state index in [1.807, 2.05) is 19.9 Å². The predicted molar refractivity (Wildman–Crippen MR) is 91.2 cm³/mol. The molecule has 6 N–H and O–H groups in total. The minimum atomic E-state index is -0.773. The number of nitrogens with zero attached hydrogens (tertiary/aromatic N) is 2. The van der Waals surface area contributed by atoms with E-state index >= 15 is 0 Å². The minimum Gasteiger partial charge on any atom is -0.373 e. The third-order valence-electron chi connectivity index (χ3n) is 3.75. The van der Waals surface area contributed by atoms with Gasteiger partial charge in [-0.1, -0.05) is 20.4 Å². The van der Waals surface area contributed by atoms with Gasteiger partial charge in [-0.05, 0) is 25.2 Å². The fraction of sp³-hybridized carbons (Fsp3) is 0.500. The number of allylic oxidation sites excluding steroid dienone is 1. The SMILES string of the molecule is C=C(N=C/C(C(N)=O)=C(\C#N)NC1CCC1)N[C@@H](C(N)=O)C(C)C. The van der Waals surface area contributed by atoms with E-state index in [0.29, 0.717) is 0 Å². The lowest BCUT2D eigenvalue weighted by Gasteiger charge is -2.27. The fourth-order valence-corrected chi connectivity index (χ4v) is 2.10. The summed E-state index contributed by atoms with van der Waals surface area (Å²) in [5, 5.41) is 15.0. The summed E-state index contributed by atoms with van der Waals surface area (Å²) < 4.78 is 0. The van der Waals surface area contributed by atoms with Gasteiger partial charge in [0.1, 0.15) is 23.6 Å².